The fourth-order valence-corrected chi connectivity index (χ4v) is 2.40. The summed E-state index contributed by atoms with van der Waals surface area (Å²) in [6.45, 7) is 5.70. The van der Waals surface area contributed by atoms with Crippen LogP contribution in [0.4, 0.5) is 0 Å². The van der Waals surface area contributed by atoms with Gasteiger partial charge in [0.25, 0.3) is 0 Å². The van der Waals surface area contributed by atoms with Crippen LogP contribution >= 0.6 is 0 Å². The maximum absolute atomic E-state index is 5.21. The maximum Gasteiger partial charge on any atom is 0.118 e. The molecule has 2 nitrogen and oxygen atoms in total. The van der Waals surface area contributed by atoms with Gasteiger partial charge in [0.2, 0.25) is 0 Å². The molecule has 0 saturated heterocycles. The Morgan fingerprint density at radius 3 is 2.43 bits per heavy atom. The molecule has 0 heterocycles. The minimum atomic E-state index is 0.442. The number of hydrogen-bond acceptors (Lipinski definition) is 2. The fourth-order valence-electron chi connectivity index (χ4n) is 2.40. The second kappa shape index (κ2) is 8.28. The highest BCUT2D eigenvalue weighted by Crippen LogP contribution is 2.22. The number of methoxy groups -OCH3 is 1. The van der Waals surface area contributed by atoms with Gasteiger partial charge < -0.3 is 10.1 Å². The summed E-state index contributed by atoms with van der Waals surface area (Å²) in [5.41, 5.74) is 2.63. The molecule has 2 heteroatoms. The van der Waals surface area contributed by atoms with Crippen molar-refractivity contribution in [2.45, 2.75) is 18.9 Å². The molecule has 0 aliphatic heterocycles. The van der Waals surface area contributed by atoms with Crippen molar-refractivity contribution in [3.63, 3.8) is 0 Å². The van der Waals surface area contributed by atoms with Crippen molar-refractivity contribution in [3.8, 4) is 5.75 Å². The van der Waals surface area contributed by atoms with Crippen LogP contribution in [0.25, 0.3) is 0 Å². The number of ether oxygens (including phenoxy) is 1. The van der Waals surface area contributed by atoms with Gasteiger partial charge in [-0.3, -0.25) is 0 Å². The molecule has 2 aromatic rings. The first kappa shape index (κ1) is 15.3. The Bertz CT molecular complexity index is 533. The van der Waals surface area contributed by atoms with Crippen LogP contribution in [-0.4, -0.2) is 13.7 Å². The van der Waals surface area contributed by atoms with Gasteiger partial charge >= 0.3 is 0 Å². The Morgan fingerprint density at radius 1 is 1.10 bits per heavy atom. The third-order valence-electron chi connectivity index (χ3n) is 3.60. The van der Waals surface area contributed by atoms with Crippen LogP contribution in [0.1, 0.15) is 23.5 Å². The first-order valence-electron chi connectivity index (χ1n) is 7.33. The molecule has 2 aromatic carbocycles. The Hall–Kier alpha value is -2.06. The molecule has 2 rings (SSSR count). The zero-order valence-corrected chi connectivity index (χ0v) is 12.6. The van der Waals surface area contributed by atoms with E-state index in [-0.39, 0.29) is 0 Å². The van der Waals surface area contributed by atoms with Gasteiger partial charge in [0.15, 0.2) is 0 Å². The fraction of sp³-hybridized carbons (Fsp3) is 0.263. The van der Waals surface area contributed by atoms with Gasteiger partial charge in [-0.15, -0.1) is 6.58 Å². The summed E-state index contributed by atoms with van der Waals surface area (Å²) in [4.78, 5) is 0. The lowest BCUT2D eigenvalue weighted by molar-refractivity contribution is 0.414. The SMILES string of the molecule is C=CCC(CNCc1ccccc1)c1ccc(OC)cc1. The molecule has 0 fully saturated rings. The van der Waals surface area contributed by atoms with Crippen LogP contribution < -0.4 is 10.1 Å². The lowest BCUT2D eigenvalue weighted by Crippen LogP contribution is -2.21. The normalized spacial score (nSPS) is 11.9. The van der Waals surface area contributed by atoms with Crippen molar-refractivity contribution in [2.75, 3.05) is 13.7 Å². The minimum Gasteiger partial charge on any atom is -0.497 e. The maximum atomic E-state index is 5.21. The molecule has 0 amide bonds. The van der Waals surface area contributed by atoms with E-state index in [4.69, 9.17) is 4.74 Å². The Morgan fingerprint density at radius 2 is 1.81 bits per heavy atom. The molecule has 1 unspecified atom stereocenters. The summed E-state index contributed by atoms with van der Waals surface area (Å²) in [7, 11) is 1.69. The third kappa shape index (κ3) is 4.76. The predicted octanol–water partition coefficient (Wildman–Crippen LogP) is 4.14. The molecule has 0 aliphatic carbocycles. The molecule has 0 aromatic heterocycles. The summed E-state index contributed by atoms with van der Waals surface area (Å²) >= 11 is 0. The monoisotopic (exact) mass is 281 g/mol. The average Bonchev–Trinajstić information content (AvgIpc) is 2.55. The summed E-state index contributed by atoms with van der Waals surface area (Å²) in [5.74, 6) is 1.34. The van der Waals surface area contributed by atoms with Crippen molar-refractivity contribution in [1.29, 1.82) is 0 Å². The Kier molecular flexibility index (Phi) is 6.04. The largest absolute Gasteiger partial charge is 0.497 e. The van der Waals surface area contributed by atoms with Crippen LogP contribution in [0.3, 0.4) is 0 Å². The van der Waals surface area contributed by atoms with Crippen LogP contribution in [0.2, 0.25) is 0 Å². The molecule has 0 saturated carbocycles. The zero-order valence-electron chi connectivity index (χ0n) is 12.6. The van der Waals surface area contributed by atoms with Gasteiger partial charge in [-0.05, 0) is 35.6 Å². The number of benzene rings is 2. The first-order valence-corrected chi connectivity index (χ1v) is 7.33. The van der Waals surface area contributed by atoms with Crippen molar-refractivity contribution in [1.82, 2.24) is 5.32 Å². The van der Waals surface area contributed by atoms with E-state index < -0.39 is 0 Å². The van der Waals surface area contributed by atoms with Crippen LogP contribution in [0, 0.1) is 0 Å². The highest BCUT2D eigenvalue weighted by Gasteiger charge is 2.09. The Labute approximate surface area is 127 Å². The second-order valence-electron chi connectivity index (χ2n) is 5.11. The van der Waals surface area contributed by atoms with Gasteiger partial charge in [0, 0.05) is 13.1 Å². The van der Waals surface area contributed by atoms with E-state index in [1.807, 2.05) is 24.3 Å². The quantitative estimate of drug-likeness (QED) is 0.734. The van der Waals surface area contributed by atoms with Crippen molar-refractivity contribution in [2.24, 2.45) is 0 Å². The summed E-state index contributed by atoms with van der Waals surface area (Å²) in [6, 6.07) is 18.8. The van der Waals surface area contributed by atoms with E-state index in [1.54, 1.807) is 7.11 Å². The van der Waals surface area contributed by atoms with Crippen molar-refractivity contribution >= 4 is 0 Å². The molecule has 0 radical (unpaired) electrons. The van der Waals surface area contributed by atoms with E-state index in [0.717, 1.165) is 25.3 Å². The topological polar surface area (TPSA) is 21.3 Å². The highest BCUT2D eigenvalue weighted by molar-refractivity contribution is 5.30. The standard InChI is InChI=1S/C19H23NO/c1-3-7-18(17-10-12-19(21-2)13-11-17)15-20-14-16-8-5-4-6-9-16/h3-6,8-13,18,20H,1,7,14-15H2,2H3. The first-order chi connectivity index (χ1) is 10.3. The third-order valence-corrected chi connectivity index (χ3v) is 3.60. The van der Waals surface area contributed by atoms with E-state index in [1.165, 1.54) is 11.1 Å². The molecule has 1 N–H and O–H groups in total. The lowest BCUT2D eigenvalue weighted by atomic mass is 9.95. The van der Waals surface area contributed by atoms with Crippen molar-refractivity contribution < 1.29 is 4.74 Å². The van der Waals surface area contributed by atoms with Crippen LogP contribution in [0.5, 0.6) is 5.75 Å². The van der Waals surface area contributed by atoms with Gasteiger partial charge in [0.05, 0.1) is 7.11 Å². The molecule has 0 spiro atoms. The lowest BCUT2D eigenvalue weighted by Gasteiger charge is -2.17. The summed E-state index contributed by atoms with van der Waals surface area (Å²) < 4.78 is 5.21. The molecular formula is C19H23NO. The summed E-state index contributed by atoms with van der Waals surface area (Å²) in [6.07, 6.45) is 2.95. The van der Waals surface area contributed by atoms with Gasteiger partial charge in [-0.2, -0.15) is 0 Å². The second-order valence-corrected chi connectivity index (χ2v) is 5.11. The van der Waals surface area contributed by atoms with E-state index in [9.17, 15) is 0 Å². The highest BCUT2D eigenvalue weighted by atomic mass is 16.5. The molecule has 1 atom stereocenters. The number of allylic oxidation sites excluding steroid dienone is 1. The van der Waals surface area contributed by atoms with Gasteiger partial charge in [-0.1, -0.05) is 48.5 Å². The Balaban J connectivity index is 1.93. The molecular weight excluding hydrogens is 258 g/mol. The van der Waals surface area contributed by atoms with E-state index in [2.05, 4.69) is 48.3 Å². The molecule has 21 heavy (non-hydrogen) atoms. The number of nitrogens with one attached hydrogen (secondary N) is 1. The van der Waals surface area contributed by atoms with Crippen LogP contribution in [0.15, 0.2) is 67.3 Å². The molecule has 110 valence electrons. The minimum absolute atomic E-state index is 0.442. The molecule has 0 bridgehead atoms. The number of hydrogen-bond donors (Lipinski definition) is 1. The zero-order chi connectivity index (χ0) is 14.9. The van der Waals surface area contributed by atoms with E-state index in [0.29, 0.717) is 5.92 Å². The predicted molar refractivity (Wildman–Crippen MR) is 88.7 cm³/mol. The molecule has 0 aliphatic rings. The van der Waals surface area contributed by atoms with Gasteiger partial charge in [0.1, 0.15) is 5.75 Å². The smallest absolute Gasteiger partial charge is 0.118 e. The van der Waals surface area contributed by atoms with Crippen molar-refractivity contribution in [3.05, 3.63) is 78.4 Å². The summed E-state index contributed by atoms with van der Waals surface area (Å²) in [5, 5.41) is 3.53. The van der Waals surface area contributed by atoms with Crippen LogP contribution in [-0.2, 0) is 6.54 Å². The van der Waals surface area contributed by atoms with E-state index >= 15 is 0 Å². The van der Waals surface area contributed by atoms with Gasteiger partial charge in [-0.25, -0.2) is 0 Å². The average molecular weight is 281 g/mol. The number of rotatable bonds is 8.